The summed E-state index contributed by atoms with van der Waals surface area (Å²) in [4.78, 5) is 12.8. The van der Waals surface area contributed by atoms with Crippen LogP contribution in [0.15, 0.2) is 52.9 Å². The quantitative estimate of drug-likeness (QED) is 0.820. The molecule has 1 aliphatic rings. The monoisotopic (exact) mass is 359 g/mol. The van der Waals surface area contributed by atoms with E-state index in [-0.39, 0.29) is 17.0 Å². The molecule has 0 aromatic heterocycles. The summed E-state index contributed by atoms with van der Waals surface area (Å²) in [7, 11) is -4.07. The number of carbonyl (C=O) groups excluding carboxylic acids is 1. The van der Waals surface area contributed by atoms with Crippen LogP contribution in [0.2, 0.25) is 0 Å². The van der Waals surface area contributed by atoms with Gasteiger partial charge in [0.1, 0.15) is 5.82 Å². The van der Waals surface area contributed by atoms with Gasteiger partial charge in [-0.25, -0.2) is 17.1 Å². The summed E-state index contributed by atoms with van der Waals surface area (Å²) >= 11 is 0. The predicted octanol–water partition coefficient (Wildman–Crippen LogP) is 3.77. The van der Waals surface area contributed by atoms with Gasteiger partial charge in [-0.05, 0) is 50.1 Å². The zero-order chi connectivity index (χ0) is 18.4. The Labute approximate surface area is 146 Å². The lowest BCUT2D eigenvalue weighted by molar-refractivity contribution is 0.0862. The summed E-state index contributed by atoms with van der Waals surface area (Å²) in [5.41, 5.74) is 2.65. The molecular formula is C19H18FNO3S. The first-order chi connectivity index (χ1) is 11.7. The predicted molar refractivity (Wildman–Crippen MR) is 94.1 cm³/mol. The van der Waals surface area contributed by atoms with Crippen LogP contribution in [-0.2, 0) is 10.0 Å². The Hall–Kier alpha value is -2.47. The lowest BCUT2D eigenvalue weighted by Gasteiger charge is -2.30. The third kappa shape index (κ3) is 2.87. The lowest BCUT2D eigenvalue weighted by Crippen LogP contribution is -2.42. The minimum Gasteiger partial charge on any atom is -0.268 e. The largest absolute Gasteiger partial charge is 0.271 e. The van der Waals surface area contributed by atoms with E-state index in [1.54, 1.807) is 18.2 Å². The van der Waals surface area contributed by atoms with Gasteiger partial charge in [-0.15, -0.1) is 0 Å². The molecule has 2 aromatic rings. The molecule has 0 spiro atoms. The van der Waals surface area contributed by atoms with E-state index >= 15 is 0 Å². The van der Waals surface area contributed by atoms with Crippen LogP contribution >= 0.6 is 0 Å². The van der Waals surface area contributed by atoms with Crippen LogP contribution in [0.5, 0.6) is 0 Å². The van der Waals surface area contributed by atoms with Crippen molar-refractivity contribution < 1.29 is 17.6 Å². The molecule has 1 amide bonds. The van der Waals surface area contributed by atoms with E-state index in [1.807, 2.05) is 20.8 Å². The molecule has 4 nitrogen and oxygen atoms in total. The van der Waals surface area contributed by atoms with Crippen molar-refractivity contribution >= 4 is 21.5 Å². The molecule has 0 aliphatic carbocycles. The molecule has 130 valence electrons. The summed E-state index contributed by atoms with van der Waals surface area (Å²) in [6.45, 7) is 5.37. The first-order valence-electron chi connectivity index (χ1n) is 7.82. The van der Waals surface area contributed by atoms with Gasteiger partial charge >= 0.3 is 0 Å². The highest BCUT2D eigenvalue weighted by atomic mass is 32.2. The molecule has 2 aromatic carbocycles. The van der Waals surface area contributed by atoms with Crippen LogP contribution in [-0.4, -0.2) is 25.2 Å². The number of sulfonamides is 1. The first kappa shape index (κ1) is 17.4. The summed E-state index contributed by atoms with van der Waals surface area (Å²) in [5.74, 6) is -1.55. The van der Waals surface area contributed by atoms with Gasteiger partial charge in [0.2, 0.25) is 0 Å². The van der Waals surface area contributed by atoms with E-state index in [2.05, 4.69) is 0 Å². The highest BCUT2D eigenvalue weighted by molar-refractivity contribution is 7.89. The molecule has 0 saturated carbocycles. The van der Waals surface area contributed by atoms with Crippen LogP contribution in [0.1, 0.15) is 35.3 Å². The number of hydrogen-bond acceptors (Lipinski definition) is 3. The van der Waals surface area contributed by atoms with E-state index in [4.69, 9.17) is 0 Å². The highest BCUT2D eigenvalue weighted by Gasteiger charge is 2.38. The molecule has 1 aliphatic heterocycles. The van der Waals surface area contributed by atoms with E-state index in [0.717, 1.165) is 15.4 Å². The van der Waals surface area contributed by atoms with Crippen LogP contribution < -0.4 is 0 Å². The van der Waals surface area contributed by atoms with Crippen molar-refractivity contribution in [1.82, 2.24) is 4.31 Å². The SMILES string of the molecule is CC(C)=C1CN(S(=O)(=O)c2ccc(C)cc2)C(=O)c2c(F)cccc21. The summed E-state index contributed by atoms with van der Waals surface area (Å²) in [6, 6.07) is 10.6. The third-order valence-electron chi connectivity index (χ3n) is 4.29. The Morgan fingerprint density at radius 2 is 1.72 bits per heavy atom. The maximum atomic E-state index is 14.3. The molecule has 6 heteroatoms. The number of rotatable bonds is 2. The normalized spacial score (nSPS) is 14.5. The molecule has 0 bridgehead atoms. The maximum Gasteiger partial charge on any atom is 0.271 e. The number of aryl methyl sites for hydroxylation is 1. The molecule has 0 N–H and O–H groups in total. The molecule has 0 saturated heterocycles. The summed E-state index contributed by atoms with van der Waals surface area (Å²) in [6.07, 6.45) is 0. The fourth-order valence-electron chi connectivity index (χ4n) is 2.88. The molecule has 3 rings (SSSR count). The number of carbonyl (C=O) groups is 1. The van der Waals surface area contributed by atoms with Gasteiger partial charge in [0, 0.05) is 0 Å². The van der Waals surface area contributed by atoms with Crippen molar-refractivity contribution in [1.29, 1.82) is 0 Å². The smallest absolute Gasteiger partial charge is 0.268 e. The summed E-state index contributed by atoms with van der Waals surface area (Å²) in [5, 5.41) is 0. The maximum absolute atomic E-state index is 14.3. The van der Waals surface area contributed by atoms with Crippen molar-refractivity contribution in [2.75, 3.05) is 6.54 Å². The number of allylic oxidation sites excluding steroid dienone is 1. The second-order valence-corrected chi connectivity index (χ2v) is 8.13. The number of nitrogens with zero attached hydrogens (tertiary/aromatic N) is 1. The topological polar surface area (TPSA) is 54.5 Å². The number of halogens is 1. The standard InChI is InChI=1S/C19H18FNO3S/c1-12(2)16-11-21(19(22)18-15(16)5-4-6-17(18)20)25(23,24)14-9-7-13(3)8-10-14/h4-10H,11H2,1-3H3. The molecule has 0 atom stereocenters. The molecule has 0 unspecified atom stereocenters. The van der Waals surface area contributed by atoms with Gasteiger partial charge in [0.15, 0.2) is 0 Å². The summed E-state index contributed by atoms with van der Waals surface area (Å²) < 4.78 is 41.0. The van der Waals surface area contributed by atoms with Crippen LogP contribution in [0, 0.1) is 12.7 Å². The minimum absolute atomic E-state index is 0.0133. The van der Waals surface area contributed by atoms with E-state index in [0.29, 0.717) is 11.1 Å². The second-order valence-electron chi connectivity index (χ2n) is 6.27. The fourth-order valence-corrected chi connectivity index (χ4v) is 4.22. The van der Waals surface area contributed by atoms with Crippen molar-refractivity contribution in [2.45, 2.75) is 25.7 Å². The van der Waals surface area contributed by atoms with Crippen molar-refractivity contribution in [3.05, 3.63) is 70.5 Å². The fraction of sp³-hybridized carbons (Fsp3) is 0.211. The zero-order valence-electron chi connectivity index (χ0n) is 14.2. The number of hydrogen-bond donors (Lipinski definition) is 0. The molecular weight excluding hydrogens is 341 g/mol. The van der Waals surface area contributed by atoms with Gasteiger partial charge in [-0.3, -0.25) is 4.79 Å². The van der Waals surface area contributed by atoms with Crippen molar-refractivity contribution in [3.8, 4) is 0 Å². The van der Waals surface area contributed by atoms with E-state index in [1.165, 1.54) is 24.3 Å². The van der Waals surface area contributed by atoms with E-state index in [9.17, 15) is 17.6 Å². The molecule has 1 heterocycles. The lowest BCUT2D eigenvalue weighted by atomic mass is 9.92. The Morgan fingerprint density at radius 3 is 2.32 bits per heavy atom. The van der Waals surface area contributed by atoms with Gasteiger partial charge in [0.05, 0.1) is 17.0 Å². The molecule has 0 fully saturated rings. The van der Waals surface area contributed by atoms with Gasteiger partial charge < -0.3 is 0 Å². The second kappa shape index (κ2) is 6.11. The van der Waals surface area contributed by atoms with E-state index < -0.39 is 21.7 Å². The zero-order valence-corrected chi connectivity index (χ0v) is 15.0. The van der Waals surface area contributed by atoms with Gasteiger partial charge in [-0.2, -0.15) is 0 Å². The molecule has 25 heavy (non-hydrogen) atoms. The Bertz CT molecular complexity index is 988. The Morgan fingerprint density at radius 1 is 1.08 bits per heavy atom. The Kier molecular flexibility index (Phi) is 4.24. The van der Waals surface area contributed by atoms with Crippen molar-refractivity contribution in [2.24, 2.45) is 0 Å². The van der Waals surface area contributed by atoms with Gasteiger partial charge in [0.25, 0.3) is 15.9 Å². The highest BCUT2D eigenvalue weighted by Crippen LogP contribution is 2.34. The van der Waals surface area contributed by atoms with Crippen LogP contribution in [0.3, 0.4) is 0 Å². The Balaban J connectivity index is 2.19. The minimum atomic E-state index is -4.07. The van der Waals surface area contributed by atoms with Crippen LogP contribution in [0.25, 0.3) is 5.57 Å². The number of benzene rings is 2. The van der Waals surface area contributed by atoms with Crippen molar-refractivity contribution in [3.63, 3.8) is 0 Å². The number of amides is 1. The average Bonchev–Trinajstić information content (AvgIpc) is 2.55. The van der Waals surface area contributed by atoms with Gasteiger partial charge in [-0.1, -0.05) is 35.4 Å². The third-order valence-corrected chi connectivity index (χ3v) is 6.04. The van der Waals surface area contributed by atoms with Crippen LogP contribution in [0.4, 0.5) is 4.39 Å². The number of fused-ring (bicyclic) bond motifs is 1. The first-order valence-corrected chi connectivity index (χ1v) is 9.26. The molecule has 0 radical (unpaired) electrons. The average molecular weight is 359 g/mol.